The molecule has 1 aromatic heterocycles. The van der Waals surface area contributed by atoms with Gasteiger partial charge >= 0.3 is 0 Å². The fourth-order valence-corrected chi connectivity index (χ4v) is 2.36. The Morgan fingerprint density at radius 2 is 1.71 bits per heavy atom. The summed E-state index contributed by atoms with van der Waals surface area (Å²) in [7, 11) is 0. The molecule has 0 N–H and O–H groups in total. The van der Waals surface area contributed by atoms with Gasteiger partial charge in [0.1, 0.15) is 24.2 Å². The summed E-state index contributed by atoms with van der Waals surface area (Å²) in [6.07, 6.45) is 1.56. The van der Waals surface area contributed by atoms with Crippen LogP contribution in [0.25, 0.3) is 0 Å². The standard InChI is InChI=1S/C19H13BrN2O2/c20-15-10-19(18(11-21)22-12-15)24-17-8-6-16(7-9-17)23-13-14-4-2-1-3-5-14/h1-10,12H,13H2. The van der Waals surface area contributed by atoms with Crippen LogP contribution in [0.3, 0.4) is 0 Å². The Hall–Kier alpha value is -2.84. The van der Waals surface area contributed by atoms with Crippen molar-refractivity contribution in [3.8, 4) is 23.3 Å². The van der Waals surface area contributed by atoms with Crippen molar-refractivity contribution in [3.63, 3.8) is 0 Å². The minimum atomic E-state index is 0.239. The summed E-state index contributed by atoms with van der Waals surface area (Å²) >= 11 is 3.32. The molecule has 0 aliphatic heterocycles. The maximum absolute atomic E-state index is 9.08. The Balaban J connectivity index is 1.67. The fourth-order valence-electron chi connectivity index (χ4n) is 2.05. The van der Waals surface area contributed by atoms with Crippen LogP contribution in [0.1, 0.15) is 11.3 Å². The van der Waals surface area contributed by atoms with Crippen LogP contribution >= 0.6 is 15.9 Å². The number of halogens is 1. The molecule has 4 nitrogen and oxygen atoms in total. The van der Waals surface area contributed by atoms with Crippen molar-refractivity contribution in [2.45, 2.75) is 6.61 Å². The third kappa shape index (κ3) is 4.12. The molecule has 3 rings (SSSR count). The molecule has 0 aliphatic rings. The van der Waals surface area contributed by atoms with Crippen LogP contribution in [0.4, 0.5) is 0 Å². The number of aromatic nitrogens is 1. The molecule has 0 atom stereocenters. The minimum Gasteiger partial charge on any atom is -0.489 e. The summed E-state index contributed by atoms with van der Waals surface area (Å²) in [6.45, 7) is 0.509. The zero-order valence-corrected chi connectivity index (χ0v) is 14.2. The van der Waals surface area contributed by atoms with Crippen LogP contribution in [0.5, 0.6) is 17.2 Å². The molecule has 0 saturated carbocycles. The van der Waals surface area contributed by atoms with Gasteiger partial charge in [0, 0.05) is 10.7 Å². The van der Waals surface area contributed by atoms with Crippen molar-refractivity contribution in [2.24, 2.45) is 0 Å². The largest absolute Gasteiger partial charge is 0.489 e. The number of hydrogen-bond acceptors (Lipinski definition) is 4. The van der Waals surface area contributed by atoms with E-state index in [-0.39, 0.29) is 5.69 Å². The van der Waals surface area contributed by atoms with Crippen molar-refractivity contribution in [2.75, 3.05) is 0 Å². The Kier molecular flexibility index (Phi) is 5.09. The summed E-state index contributed by atoms with van der Waals surface area (Å²) < 4.78 is 12.2. The van der Waals surface area contributed by atoms with Gasteiger partial charge < -0.3 is 9.47 Å². The predicted octanol–water partition coefficient (Wildman–Crippen LogP) is 5.09. The van der Waals surface area contributed by atoms with Crippen LogP contribution in [0.2, 0.25) is 0 Å². The summed E-state index contributed by atoms with van der Waals surface area (Å²) in [6, 6.07) is 20.9. The molecule has 0 bridgehead atoms. The molecule has 2 aromatic carbocycles. The van der Waals surface area contributed by atoms with E-state index in [9.17, 15) is 0 Å². The van der Waals surface area contributed by atoms with E-state index in [1.807, 2.05) is 48.5 Å². The highest BCUT2D eigenvalue weighted by Gasteiger charge is 2.07. The number of hydrogen-bond donors (Lipinski definition) is 0. The maximum Gasteiger partial charge on any atom is 0.183 e. The number of pyridine rings is 1. The molecule has 0 radical (unpaired) electrons. The number of ether oxygens (including phenoxy) is 2. The second kappa shape index (κ2) is 7.62. The quantitative estimate of drug-likeness (QED) is 0.618. The average molecular weight is 381 g/mol. The van der Waals surface area contributed by atoms with Gasteiger partial charge in [-0.3, -0.25) is 0 Å². The Morgan fingerprint density at radius 3 is 2.42 bits per heavy atom. The summed E-state index contributed by atoms with van der Waals surface area (Å²) in [4.78, 5) is 4.02. The van der Waals surface area contributed by atoms with Gasteiger partial charge in [-0.2, -0.15) is 5.26 Å². The third-order valence-electron chi connectivity index (χ3n) is 3.23. The molecule has 5 heteroatoms. The Labute approximate surface area is 148 Å². The molecular weight excluding hydrogens is 368 g/mol. The van der Waals surface area contributed by atoms with Gasteiger partial charge in [0.15, 0.2) is 11.4 Å². The van der Waals surface area contributed by atoms with Crippen LogP contribution in [-0.2, 0) is 6.61 Å². The van der Waals surface area contributed by atoms with Crippen molar-refractivity contribution in [1.29, 1.82) is 5.26 Å². The van der Waals surface area contributed by atoms with Crippen LogP contribution < -0.4 is 9.47 Å². The Bertz CT molecular complexity index is 859. The summed E-state index contributed by atoms with van der Waals surface area (Å²) in [5.41, 5.74) is 1.35. The van der Waals surface area contributed by atoms with E-state index >= 15 is 0 Å². The topological polar surface area (TPSA) is 55.1 Å². The van der Waals surface area contributed by atoms with E-state index in [4.69, 9.17) is 14.7 Å². The lowest BCUT2D eigenvalue weighted by molar-refractivity contribution is 0.306. The summed E-state index contributed by atoms with van der Waals surface area (Å²) in [5, 5.41) is 9.08. The van der Waals surface area contributed by atoms with Crippen LogP contribution in [-0.4, -0.2) is 4.98 Å². The smallest absolute Gasteiger partial charge is 0.183 e. The van der Waals surface area contributed by atoms with E-state index in [2.05, 4.69) is 20.9 Å². The van der Waals surface area contributed by atoms with Crippen molar-refractivity contribution in [1.82, 2.24) is 4.98 Å². The van der Waals surface area contributed by atoms with Crippen LogP contribution in [0, 0.1) is 11.3 Å². The van der Waals surface area contributed by atoms with Crippen LogP contribution in [0.15, 0.2) is 71.3 Å². The summed E-state index contributed by atoms with van der Waals surface area (Å²) in [5.74, 6) is 1.77. The van der Waals surface area contributed by atoms with Crippen molar-refractivity contribution in [3.05, 3.63) is 82.6 Å². The lowest BCUT2D eigenvalue weighted by atomic mass is 10.2. The number of rotatable bonds is 5. The molecule has 0 fully saturated rings. The van der Waals surface area contributed by atoms with Gasteiger partial charge in [0.05, 0.1) is 0 Å². The predicted molar refractivity (Wildman–Crippen MR) is 93.9 cm³/mol. The molecule has 24 heavy (non-hydrogen) atoms. The van der Waals surface area contributed by atoms with Gasteiger partial charge in [-0.15, -0.1) is 0 Å². The molecule has 0 aliphatic carbocycles. The first-order valence-corrected chi connectivity index (χ1v) is 8.04. The average Bonchev–Trinajstić information content (AvgIpc) is 2.62. The monoisotopic (exact) mass is 380 g/mol. The first-order valence-electron chi connectivity index (χ1n) is 7.25. The maximum atomic E-state index is 9.08. The second-order valence-electron chi connectivity index (χ2n) is 4.96. The fraction of sp³-hybridized carbons (Fsp3) is 0.0526. The molecule has 0 amide bonds. The zero-order chi connectivity index (χ0) is 16.8. The van der Waals surface area contributed by atoms with Crippen molar-refractivity contribution < 1.29 is 9.47 Å². The molecule has 1 heterocycles. The SMILES string of the molecule is N#Cc1ncc(Br)cc1Oc1ccc(OCc2ccccc2)cc1. The van der Waals surface area contributed by atoms with Gasteiger partial charge in [-0.1, -0.05) is 30.3 Å². The molecule has 0 unspecified atom stereocenters. The molecular formula is C19H13BrN2O2. The van der Waals surface area contributed by atoms with E-state index < -0.39 is 0 Å². The lowest BCUT2D eigenvalue weighted by Gasteiger charge is -2.09. The van der Waals surface area contributed by atoms with Gasteiger partial charge in [-0.25, -0.2) is 4.98 Å². The highest BCUT2D eigenvalue weighted by atomic mass is 79.9. The van der Waals surface area contributed by atoms with Gasteiger partial charge in [-0.05, 0) is 51.8 Å². The number of benzene rings is 2. The second-order valence-corrected chi connectivity index (χ2v) is 5.88. The van der Waals surface area contributed by atoms with E-state index in [1.165, 1.54) is 0 Å². The van der Waals surface area contributed by atoms with Gasteiger partial charge in [0.2, 0.25) is 0 Å². The molecule has 3 aromatic rings. The zero-order valence-electron chi connectivity index (χ0n) is 12.6. The highest BCUT2D eigenvalue weighted by Crippen LogP contribution is 2.28. The Morgan fingerprint density at radius 1 is 1.00 bits per heavy atom. The van der Waals surface area contributed by atoms with Crippen molar-refractivity contribution >= 4 is 15.9 Å². The van der Waals surface area contributed by atoms with E-state index in [0.717, 1.165) is 15.8 Å². The first-order chi connectivity index (χ1) is 11.7. The van der Waals surface area contributed by atoms with E-state index in [0.29, 0.717) is 18.1 Å². The number of nitrogens with zero attached hydrogens (tertiary/aromatic N) is 2. The highest BCUT2D eigenvalue weighted by molar-refractivity contribution is 9.10. The molecule has 0 saturated heterocycles. The third-order valence-corrected chi connectivity index (χ3v) is 3.66. The normalized spacial score (nSPS) is 10.0. The first kappa shape index (κ1) is 16.0. The number of nitriles is 1. The van der Waals surface area contributed by atoms with Gasteiger partial charge in [0.25, 0.3) is 0 Å². The molecule has 118 valence electrons. The lowest BCUT2D eigenvalue weighted by Crippen LogP contribution is -1.95. The molecule has 0 spiro atoms. The van der Waals surface area contributed by atoms with E-state index in [1.54, 1.807) is 24.4 Å². The minimum absolute atomic E-state index is 0.239.